The molecule has 1 unspecified atom stereocenters. The van der Waals surface area contributed by atoms with Crippen molar-refractivity contribution in [3.8, 4) is 0 Å². The van der Waals surface area contributed by atoms with Crippen LogP contribution in [0.2, 0.25) is 0 Å². The van der Waals surface area contributed by atoms with Crippen LogP contribution in [0, 0.1) is 0 Å². The summed E-state index contributed by atoms with van der Waals surface area (Å²) in [6, 6.07) is 9.94. The Labute approximate surface area is 113 Å². The lowest BCUT2D eigenvalue weighted by Crippen LogP contribution is -2.21. The van der Waals surface area contributed by atoms with E-state index in [2.05, 4.69) is 16.7 Å². The summed E-state index contributed by atoms with van der Waals surface area (Å²) in [5.74, 6) is 0.962. The first kappa shape index (κ1) is 13.5. The molecule has 100 valence electrons. The molecule has 0 fully saturated rings. The van der Waals surface area contributed by atoms with E-state index in [4.69, 9.17) is 9.26 Å². The van der Waals surface area contributed by atoms with Crippen molar-refractivity contribution >= 4 is 0 Å². The molecule has 0 saturated carbocycles. The topological polar surface area (TPSA) is 48.2 Å². The van der Waals surface area contributed by atoms with E-state index in [0.717, 1.165) is 5.56 Å². The highest BCUT2D eigenvalue weighted by molar-refractivity contribution is 5.28. The molecule has 0 saturated heterocycles. The monoisotopic (exact) mass is 258 g/mol. The Hall–Kier alpha value is -1.94. The van der Waals surface area contributed by atoms with Crippen LogP contribution in [-0.4, -0.2) is 17.3 Å². The van der Waals surface area contributed by atoms with E-state index in [1.54, 1.807) is 13.2 Å². The number of hydrogen-bond acceptors (Lipinski definition) is 4. The van der Waals surface area contributed by atoms with Crippen LogP contribution in [0.1, 0.15) is 37.0 Å². The Morgan fingerprint density at radius 1 is 1.32 bits per heavy atom. The van der Waals surface area contributed by atoms with Crippen molar-refractivity contribution in [1.29, 1.82) is 0 Å². The Morgan fingerprint density at radius 3 is 2.58 bits per heavy atom. The van der Waals surface area contributed by atoms with Crippen LogP contribution in [0.25, 0.3) is 0 Å². The summed E-state index contributed by atoms with van der Waals surface area (Å²) >= 11 is 0. The number of methoxy groups -OCH3 is 1. The maximum absolute atomic E-state index is 5.35. The fourth-order valence-electron chi connectivity index (χ4n) is 1.74. The van der Waals surface area contributed by atoms with E-state index < -0.39 is 5.60 Å². The van der Waals surface area contributed by atoms with E-state index in [1.165, 1.54) is 0 Å². The van der Waals surface area contributed by atoms with Crippen molar-refractivity contribution in [1.82, 2.24) is 10.1 Å². The van der Waals surface area contributed by atoms with Gasteiger partial charge in [0, 0.05) is 7.11 Å². The molecule has 0 radical (unpaired) electrons. The number of ether oxygens (including phenoxy) is 1. The summed E-state index contributed by atoms with van der Waals surface area (Å²) < 4.78 is 10.7. The van der Waals surface area contributed by atoms with E-state index in [-0.39, 0.29) is 5.92 Å². The van der Waals surface area contributed by atoms with Gasteiger partial charge in [0.1, 0.15) is 5.60 Å². The van der Waals surface area contributed by atoms with Gasteiger partial charge < -0.3 is 9.26 Å². The first-order valence-electron chi connectivity index (χ1n) is 6.15. The lowest BCUT2D eigenvalue weighted by Gasteiger charge is -2.17. The van der Waals surface area contributed by atoms with Gasteiger partial charge in [-0.2, -0.15) is 4.98 Å². The highest BCUT2D eigenvalue weighted by atomic mass is 16.5. The molecule has 0 aliphatic heterocycles. The van der Waals surface area contributed by atoms with Gasteiger partial charge in [-0.25, -0.2) is 0 Å². The highest BCUT2D eigenvalue weighted by Crippen LogP contribution is 2.27. The molecule has 1 aromatic carbocycles. The van der Waals surface area contributed by atoms with Gasteiger partial charge in [-0.1, -0.05) is 41.6 Å². The molecule has 0 N–H and O–H groups in total. The molecule has 0 amide bonds. The zero-order chi connectivity index (χ0) is 13.9. The molecule has 0 aliphatic rings. The minimum absolute atomic E-state index is 0.102. The third-order valence-corrected chi connectivity index (χ3v) is 3.15. The molecule has 2 aromatic rings. The summed E-state index contributed by atoms with van der Waals surface area (Å²) in [6.07, 6.45) is 1.80. The molecule has 0 spiro atoms. The van der Waals surface area contributed by atoms with Crippen LogP contribution < -0.4 is 0 Å². The van der Waals surface area contributed by atoms with Crippen molar-refractivity contribution in [2.75, 3.05) is 7.11 Å². The molecule has 0 aliphatic carbocycles. The van der Waals surface area contributed by atoms with Gasteiger partial charge in [-0.05, 0) is 19.4 Å². The van der Waals surface area contributed by atoms with Crippen molar-refractivity contribution < 1.29 is 9.26 Å². The maximum atomic E-state index is 5.35. The summed E-state index contributed by atoms with van der Waals surface area (Å²) in [4.78, 5) is 4.43. The standard InChI is InChI=1S/C15H18N2O2/c1-5-12(11-9-7-6-8-10-11)13-16-14(17-19-13)15(2,3)18-4/h5-10,12H,1H2,2-4H3. The third kappa shape index (κ3) is 2.74. The average Bonchev–Trinajstić information content (AvgIpc) is 2.91. The summed E-state index contributed by atoms with van der Waals surface area (Å²) in [6.45, 7) is 7.64. The average molecular weight is 258 g/mol. The SMILES string of the molecule is C=CC(c1ccccc1)c1nc(C(C)(C)OC)no1. The van der Waals surface area contributed by atoms with Crippen molar-refractivity contribution in [2.24, 2.45) is 0 Å². The predicted molar refractivity (Wildman–Crippen MR) is 72.8 cm³/mol. The van der Waals surface area contributed by atoms with Crippen molar-refractivity contribution in [3.05, 3.63) is 60.3 Å². The van der Waals surface area contributed by atoms with Crippen LogP contribution in [-0.2, 0) is 10.3 Å². The number of hydrogen-bond donors (Lipinski definition) is 0. The van der Waals surface area contributed by atoms with E-state index >= 15 is 0 Å². The van der Waals surface area contributed by atoms with Gasteiger partial charge in [0.2, 0.25) is 11.7 Å². The zero-order valence-electron chi connectivity index (χ0n) is 11.5. The van der Waals surface area contributed by atoms with Crippen LogP contribution in [0.5, 0.6) is 0 Å². The molecule has 4 heteroatoms. The molecule has 19 heavy (non-hydrogen) atoms. The summed E-state index contributed by atoms with van der Waals surface area (Å²) in [7, 11) is 1.62. The van der Waals surface area contributed by atoms with Gasteiger partial charge in [-0.3, -0.25) is 0 Å². The molecule has 1 atom stereocenters. The summed E-state index contributed by atoms with van der Waals surface area (Å²) in [5.41, 5.74) is 0.507. The molecule has 1 heterocycles. The van der Waals surface area contributed by atoms with Crippen molar-refractivity contribution in [3.63, 3.8) is 0 Å². The quantitative estimate of drug-likeness (QED) is 0.772. The number of benzene rings is 1. The number of aromatic nitrogens is 2. The van der Waals surface area contributed by atoms with E-state index in [0.29, 0.717) is 11.7 Å². The first-order valence-corrected chi connectivity index (χ1v) is 6.15. The van der Waals surface area contributed by atoms with Crippen LogP contribution in [0.3, 0.4) is 0 Å². The molecular weight excluding hydrogens is 240 g/mol. The second-order valence-electron chi connectivity index (χ2n) is 4.79. The van der Waals surface area contributed by atoms with Gasteiger partial charge in [0.15, 0.2) is 0 Å². The van der Waals surface area contributed by atoms with Crippen LogP contribution in [0.4, 0.5) is 0 Å². The zero-order valence-corrected chi connectivity index (χ0v) is 11.5. The molecule has 0 bridgehead atoms. The Kier molecular flexibility index (Phi) is 3.81. The third-order valence-electron chi connectivity index (χ3n) is 3.15. The van der Waals surface area contributed by atoms with E-state index in [1.807, 2.05) is 44.2 Å². The van der Waals surface area contributed by atoms with E-state index in [9.17, 15) is 0 Å². The second-order valence-corrected chi connectivity index (χ2v) is 4.79. The Morgan fingerprint density at radius 2 is 2.00 bits per heavy atom. The number of nitrogens with zero attached hydrogens (tertiary/aromatic N) is 2. The first-order chi connectivity index (χ1) is 9.08. The molecule has 2 rings (SSSR count). The smallest absolute Gasteiger partial charge is 0.238 e. The second kappa shape index (κ2) is 5.36. The predicted octanol–water partition coefficient (Wildman–Crippen LogP) is 3.27. The normalized spacial score (nSPS) is 13.2. The molecule has 1 aromatic heterocycles. The maximum Gasteiger partial charge on any atom is 0.238 e. The fourth-order valence-corrected chi connectivity index (χ4v) is 1.74. The highest BCUT2D eigenvalue weighted by Gasteiger charge is 2.28. The lowest BCUT2D eigenvalue weighted by molar-refractivity contribution is 0.00973. The van der Waals surface area contributed by atoms with Gasteiger partial charge in [-0.15, -0.1) is 6.58 Å². The van der Waals surface area contributed by atoms with Crippen LogP contribution >= 0.6 is 0 Å². The fraction of sp³-hybridized carbons (Fsp3) is 0.333. The summed E-state index contributed by atoms with van der Waals surface area (Å²) in [5, 5.41) is 3.99. The minimum Gasteiger partial charge on any atom is -0.371 e. The number of allylic oxidation sites excluding steroid dienone is 1. The minimum atomic E-state index is -0.565. The van der Waals surface area contributed by atoms with Gasteiger partial charge >= 0.3 is 0 Å². The lowest BCUT2D eigenvalue weighted by atomic mass is 9.99. The largest absolute Gasteiger partial charge is 0.371 e. The Balaban J connectivity index is 2.34. The van der Waals surface area contributed by atoms with Gasteiger partial charge in [0.05, 0.1) is 5.92 Å². The van der Waals surface area contributed by atoms with Crippen LogP contribution in [0.15, 0.2) is 47.5 Å². The van der Waals surface area contributed by atoms with Crippen molar-refractivity contribution in [2.45, 2.75) is 25.4 Å². The molecular formula is C15H18N2O2. The number of rotatable bonds is 5. The molecule has 4 nitrogen and oxygen atoms in total. The van der Waals surface area contributed by atoms with Gasteiger partial charge in [0.25, 0.3) is 0 Å². The Bertz CT molecular complexity index is 546.